The number of H-pyrrole nitrogens is 1. The summed E-state index contributed by atoms with van der Waals surface area (Å²) in [6.45, 7) is 0. The first-order valence-electron chi connectivity index (χ1n) is 4.94. The third-order valence-electron chi connectivity index (χ3n) is 2.23. The number of carbonyl (C=O) groups is 2. The Bertz CT molecular complexity index is 547. The average Bonchev–Trinajstić information content (AvgIpc) is 2.82. The number of aromatic nitrogens is 1. The molecule has 1 heterocycles. The molecule has 1 aromatic heterocycles. The summed E-state index contributed by atoms with van der Waals surface area (Å²) < 4.78 is 0. The van der Waals surface area contributed by atoms with Crippen LogP contribution in [0.3, 0.4) is 0 Å². The van der Waals surface area contributed by atoms with Crippen molar-refractivity contribution in [3.8, 4) is 0 Å². The highest BCUT2D eigenvalue weighted by molar-refractivity contribution is 6.05. The molecular weight excluding hydrogens is 220 g/mol. The van der Waals surface area contributed by atoms with Crippen LogP contribution in [0.15, 0.2) is 42.7 Å². The van der Waals surface area contributed by atoms with Crippen molar-refractivity contribution in [2.24, 2.45) is 0 Å². The van der Waals surface area contributed by atoms with Crippen LogP contribution in [0.1, 0.15) is 20.7 Å². The molecule has 17 heavy (non-hydrogen) atoms. The molecule has 0 fully saturated rings. The van der Waals surface area contributed by atoms with Crippen LogP contribution in [-0.2, 0) is 0 Å². The Kier molecular flexibility index (Phi) is 2.91. The van der Waals surface area contributed by atoms with Crippen LogP contribution < -0.4 is 5.32 Å². The summed E-state index contributed by atoms with van der Waals surface area (Å²) in [5.74, 6) is -1.39. The van der Waals surface area contributed by atoms with Crippen LogP contribution in [0.4, 0.5) is 5.69 Å². The van der Waals surface area contributed by atoms with E-state index >= 15 is 0 Å². The first kappa shape index (κ1) is 10.9. The molecular formula is C12H10N2O3. The van der Waals surface area contributed by atoms with E-state index in [4.69, 9.17) is 5.11 Å². The Morgan fingerprint density at radius 3 is 2.59 bits per heavy atom. The number of aromatic amines is 1. The van der Waals surface area contributed by atoms with Crippen molar-refractivity contribution in [3.05, 3.63) is 53.9 Å². The lowest BCUT2D eigenvalue weighted by Crippen LogP contribution is -2.12. The molecule has 0 spiro atoms. The zero-order chi connectivity index (χ0) is 12.3. The molecule has 0 bridgehead atoms. The highest BCUT2D eigenvalue weighted by Gasteiger charge is 2.09. The molecule has 0 unspecified atom stereocenters. The number of amides is 1. The van der Waals surface area contributed by atoms with Crippen molar-refractivity contribution in [3.63, 3.8) is 0 Å². The average molecular weight is 230 g/mol. The molecule has 0 aliphatic heterocycles. The predicted molar refractivity (Wildman–Crippen MR) is 62.1 cm³/mol. The van der Waals surface area contributed by atoms with Gasteiger partial charge in [-0.15, -0.1) is 0 Å². The van der Waals surface area contributed by atoms with E-state index in [2.05, 4.69) is 10.3 Å². The summed E-state index contributed by atoms with van der Waals surface area (Å²) in [7, 11) is 0. The lowest BCUT2D eigenvalue weighted by atomic mass is 10.1. The monoisotopic (exact) mass is 230 g/mol. The highest BCUT2D eigenvalue weighted by Crippen LogP contribution is 2.09. The van der Waals surface area contributed by atoms with Gasteiger partial charge in [0.15, 0.2) is 0 Å². The minimum Gasteiger partial charge on any atom is -0.478 e. The summed E-state index contributed by atoms with van der Waals surface area (Å²) in [4.78, 5) is 25.3. The number of benzene rings is 1. The zero-order valence-corrected chi connectivity index (χ0v) is 8.81. The van der Waals surface area contributed by atoms with Crippen LogP contribution in [-0.4, -0.2) is 22.0 Å². The Morgan fingerprint density at radius 2 is 1.94 bits per heavy atom. The van der Waals surface area contributed by atoms with E-state index in [-0.39, 0.29) is 11.5 Å². The molecule has 1 amide bonds. The van der Waals surface area contributed by atoms with Crippen molar-refractivity contribution >= 4 is 17.6 Å². The summed E-state index contributed by atoms with van der Waals surface area (Å²) >= 11 is 0. The number of carboxylic acid groups (broad SMARTS) is 1. The van der Waals surface area contributed by atoms with Gasteiger partial charge in [-0.1, -0.05) is 6.07 Å². The smallest absolute Gasteiger partial charge is 0.335 e. The molecule has 3 N–H and O–H groups in total. The van der Waals surface area contributed by atoms with Gasteiger partial charge in [-0.3, -0.25) is 4.79 Å². The Balaban J connectivity index is 2.19. The number of nitrogens with one attached hydrogen (secondary N) is 2. The van der Waals surface area contributed by atoms with Gasteiger partial charge in [-0.2, -0.15) is 0 Å². The largest absolute Gasteiger partial charge is 0.478 e. The molecule has 86 valence electrons. The molecule has 0 saturated heterocycles. The maximum atomic E-state index is 11.8. The van der Waals surface area contributed by atoms with Crippen molar-refractivity contribution in [2.45, 2.75) is 0 Å². The Hall–Kier alpha value is -2.56. The maximum absolute atomic E-state index is 11.8. The molecule has 0 aliphatic rings. The van der Waals surface area contributed by atoms with Crippen molar-refractivity contribution in [2.75, 3.05) is 5.32 Å². The zero-order valence-electron chi connectivity index (χ0n) is 8.81. The number of hydrogen-bond donors (Lipinski definition) is 3. The first-order valence-corrected chi connectivity index (χ1v) is 4.94. The van der Waals surface area contributed by atoms with E-state index in [1.807, 2.05) is 0 Å². The molecule has 2 rings (SSSR count). The lowest BCUT2D eigenvalue weighted by molar-refractivity contribution is 0.0697. The number of aromatic carboxylic acids is 1. The van der Waals surface area contributed by atoms with Gasteiger partial charge in [0.25, 0.3) is 5.91 Å². The summed E-state index contributed by atoms with van der Waals surface area (Å²) in [6.07, 6.45) is 3.32. The molecule has 0 radical (unpaired) electrons. The van der Waals surface area contributed by atoms with Gasteiger partial charge in [-0.25, -0.2) is 4.79 Å². The fourth-order valence-electron chi connectivity index (χ4n) is 1.40. The van der Waals surface area contributed by atoms with Gasteiger partial charge in [0, 0.05) is 18.0 Å². The second-order valence-corrected chi connectivity index (χ2v) is 3.44. The van der Waals surface area contributed by atoms with Gasteiger partial charge in [0.2, 0.25) is 0 Å². The number of anilines is 1. The minimum atomic E-state index is -1.05. The van der Waals surface area contributed by atoms with E-state index < -0.39 is 5.97 Å². The number of rotatable bonds is 3. The summed E-state index contributed by atoms with van der Waals surface area (Å²) in [6, 6.07) is 7.59. The van der Waals surface area contributed by atoms with Gasteiger partial charge in [-0.05, 0) is 24.3 Å². The minimum absolute atomic E-state index is 0.0896. The molecule has 1 aromatic carbocycles. The van der Waals surface area contributed by atoms with Crippen molar-refractivity contribution in [1.29, 1.82) is 0 Å². The Labute approximate surface area is 97.1 Å². The molecule has 0 atom stereocenters. The van der Waals surface area contributed by atoms with E-state index in [9.17, 15) is 9.59 Å². The first-order chi connectivity index (χ1) is 8.16. The quantitative estimate of drug-likeness (QED) is 0.753. The molecule has 0 saturated carbocycles. The SMILES string of the molecule is O=C(O)c1cccc(C(=O)Nc2cc[nH]c2)c1. The van der Waals surface area contributed by atoms with Crippen LogP contribution >= 0.6 is 0 Å². The van der Waals surface area contributed by atoms with Crippen molar-refractivity contribution < 1.29 is 14.7 Å². The molecule has 5 heteroatoms. The van der Waals surface area contributed by atoms with Crippen LogP contribution in [0, 0.1) is 0 Å². The van der Waals surface area contributed by atoms with E-state index in [1.54, 1.807) is 24.5 Å². The summed E-state index contributed by atoms with van der Waals surface area (Å²) in [5, 5.41) is 11.5. The Morgan fingerprint density at radius 1 is 1.18 bits per heavy atom. The number of carboxylic acids is 1. The topological polar surface area (TPSA) is 82.2 Å². The fraction of sp³-hybridized carbons (Fsp3) is 0. The highest BCUT2D eigenvalue weighted by atomic mass is 16.4. The number of hydrogen-bond acceptors (Lipinski definition) is 2. The molecule has 5 nitrogen and oxygen atoms in total. The number of carbonyl (C=O) groups excluding carboxylic acids is 1. The maximum Gasteiger partial charge on any atom is 0.335 e. The summed E-state index contributed by atoms with van der Waals surface area (Å²) in [5.41, 5.74) is 1.04. The van der Waals surface area contributed by atoms with Crippen molar-refractivity contribution in [1.82, 2.24) is 4.98 Å². The second-order valence-electron chi connectivity index (χ2n) is 3.44. The standard InChI is InChI=1S/C12H10N2O3/c15-11(14-10-4-5-13-7-10)8-2-1-3-9(6-8)12(16)17/h1-7,13H,(H,14,15)(H,16,17). The van der Waals surface area contributed by atoms with Gasteiger partial charge in [0.1, 0.15) is 0 Å². The third kappa shape index (κ3) is 2.52. The normalized spacial score (nSPS) is 9.88. The van der Waals surface area contributed by atoms with Crippen LogP contribution in [0.5, 0.6) is 0 Å². The fourth-order valence-corrected chi connectivity index (χ4v) is 1.40. The van der Waals surface area contributed by atoms with E-state index in [0.717, 1.165) is 0 Å². The second kappa shape index (κ2) is 4.52. The van der Waals surface area contributed by atoms with Gasteiger partial charge in [0.05, 0.1) is 11.3 Å². The van der Waals surface area contributed by atoms with E-state index in [0.29, 0.717) is 11.3 Å². The predicted octanol–water partition coefficient (Wildman–Crippen LogP) is 1.97. The van der Waals surface area contributed by atoms with E-state index in [1.165, 1.54) is 18.2 Å². The van der Waals surface area contributed by atoms with Gasteiger partial charge < -0.3 is 15.4 Å². The van der Waals surface area contributed by atoms with Crippen LogP contribution in [0.25, 0.3) is 0 Å². The third-order valence-corrected chi connectivity index (χ3v) is 2.23. The lowest BCUT2D eigenvalue weighted by Gasteiger charge is -2.03. The van der Waals surface area contributed by atoms with Crippen LogP contribution in [0.2, 0.25) is 0 Å². The molecule has 0 aliphatic carbocycles. The van der Waals surface area contributed by atoms with Gasteiger partial charge >= 0.3 is 5.97 Å². The molecule has 2 aromatic rings.